The van der Waals surface area contributed by atoms with Gasteiger partial charge >= 0.3 is 0 Å². The first-order valence-corrected chi connectivity index (χ1v) is 13.2. The SMILES string of the molecule is c1ccc(-c2ccccc2-c2ccc3c(c2)c2ccccc2c2c4ccccc4c4ccccc4c32)cc1. The first-order valence-electron chi connectivity index (χ1n) is 13.2. The third-order valence-corrected chi connectivity index (χ3v) is 8.03. The van der Waals surface area contributed by atoms with Gasteiger partial charge in [-0.15, -0.1) is 0 Å². The predicted molar refractivity (Wildman–Crippen MR) is 165 cm³/mol. The summed E-state index contributed by atoms with van der Waals surface area (Å²) in [5.74, 6) is 0. The first kappa shape index (κ1) is 21.2. The number of hydrogen-bond donors (Lipinski definition) is 0. The van der Waals surface area contributed by atoms with Crippen LogP contribution in [0.2, 0.25) is 0 Å². The number of hydrogen-bond acceptors (Lipinski definition) is 0. The van der Waals surface area contributed by atoms with E-state index in [1.54, 1.807) is 0 Å². The zero-order valence-corrected chi connectivity index (χ0v) is 20.9. The minimum Gasteiger partial charge on any atom is -0.0622 e. The molecule has 0 bridgehead atoms. The maximum atomic E-state index is 2.41. The number of benzene rings is 8. The molecule has 0 spiro atoms. The van der Waals surface area contributed by atoms with Crippen LogP contribution in [0, 0.1) is 0 Å². The van der Waals surface area contributed by atoms with E-state index in [1.165, 1.54) is 76.1 Å². The van der Waals surface area contributed by atoms with Crippen molar-refractivity contribution in [2.45, 2.75) is 0 Å². The molecule has 0 aliphatic rings. The third kappa shape index (κ3) is 3.04. The maximum Gasteiger partial charge on any atom is -0.00139 e. The van der Waals surface area contributed by atoms with Crippen molar-refractivity contribution in [2.24, 2.45) is 0 Å². The van der Waals surface area contributed by atoms with Crippen molar-refractivity contribution >= 4 is 53.9 Å². The molecule has 8 rings (SSSR count). The fraction of sp³-hybridized carbons (Fsp3) is 0. The predicted octanol–water partition coefficient (Wildman–Crippen LogP) is 10.8. The molecule has 0 saturated carbocycles. The fourth-order valence-corrected chi connectivity index (χ4v) is 6.39. The Morgan fingerprint density at radius 1 is 0.237 bits per heavy atom. The normalized spacial score (nSPS) is 11.7. The highest BCUT2D eigenvalue weighted by Gasteiger charge is 2.16. The second-order valence-corrected chi connectivity index (χ2v) is 10.1. The Hall–Kier alpha value is -4.94. The molecule has 8 aromatic carbocycles. The molecular formula is C38H24. The van der Waals surface area contributed by atoms with Gasteiger partial charge in [-0.1, -0.05) is 140 Å². The Bertz CT molecular complexity index is 2170. The minimum absolute atomic E-state index is 1.24. The van der Waals surface area contributed by atoms with Crippen molar-refractivity contribution in [1.29, 1.82) is 0 Å². The summed E-state index contributed by atoms with van der Waals surface area (Å²) >= 11 is 0. The summed E-state index contributed by atoms with van der Waals surface area (Å²) in [7, 11) is 0. The van der Waals surface area contributed by atoms with Crippen LogP contribution in [-0.2, 0) is 0 Å². The molecule has 0 aromatic heterocycles. The van der Waals surface area contributed by atoms with Crippen molar-refractivity contribution in [2.75, 3.05) is 0 Å². The molecular weight excluding hydrogens is 456 g/mol. The molecule has 0 N–H and O–H groups in total. The highest BCUT2D eigenvalue weighted by atomic mass is 14.2. The Morgan fingerprint density at radius 3 is 1.18 bits per heavy atom. The summed E-state index contributed by atoms with van der Waals surface area (Å²) in [4.78, 5) is 0. The van der Waals surface area contributed by atoms with Gasteiger partial charge in [-0.3, -0.25) is 0 Å². The molecule has 0 atom stereocenters. The van der Waals surface area contributed by atoms with E-state index in [0.29, 0.717) is 0 Å². The van der Waals surface area contributed by atoms with E-state index in [9.17, 15) is 0 Å². The Labute approximate surface area is 221 Å². The summed E-state index contributed by atoms with van der Waals surface area (Å²) < 4.78 is 0. The molecule has 0 aliphatic heterocycles. The molecule has 38 heavy (non-hydrogen) atoms. The van der Waals surface area contributed by atoms with E-state index < -0.39 is 0 Å². The van der Waals surface area contributed by atoms with Gasteiger partial charge in [0.05, 0.1) is 0 Å². The van der Waals surface area contributed by atoms with Gasteiger partial charge in [-0.2, -0.15) is 0 Å². The van der Waals surface area contributed by atoms with E-state index in [0.717, 1.165) is 0 Å². The van der Waals surface area contributed by atoms with Crippen molar-refractivity contribution in [3.05, 3.63) is 146 Å². The number of fused-ring (bicyclic) bond motifs is 11. The monoisotopic (exact) mass is 480 g/mol. The largest absolute Gasteiger partial charge is 0.0622 e. The highest BCUT2D eigenvalue weighted by molar-refractivity contribution is 6.39. The Morgan fingerprint density at radius 2 is 0.632 bits per heavy atom. The average Bonchev–Trinajstić information content (AvgIpc) is 3.01. The van der Waals surface area contributed by atoms with Gasteiger partial charge in [0.15, 0.2) is 0 Å². The highest BCUT2D eigenvalue weighted by Crippen LogP contribution is 2.45. The topological polar surface area (TPSA) is 0 Å². The van der Waals surface area contributed by atoms with Gasteiger partial charge in [-0.05, 0) is 82.2 Å². The quantitative estimate of drug-likeness (QED) is 0.216. The second kappa shape index (κ2) is 8.30. The first-order chi connectivity index (χ1) is 18.9. The van der Waals surface area contributed by atoms with Crippen LogP contribution in [0.15, 0.2) is 146 Å². The summed E-state index contributed by atoms with van der Waals surface area (Å²) in [6, 6.07) is 53.2. The molecule has 0 fully saturated rings. The lowest BCUT2D eigenvalue weighted by Crippen LogP contribution is -1.90. The van der Waals surface area contributed by atoms with E-state index in [4.69, 9.17) is 0 Å². The van der Waals surface area contributed by atoms with Crippen molar-refractivity contribution in [1.82, 2.24) is 0 Å². The lowest BCUT2D eigenvalue weighted by atomic mass is 9.86. The molecule has 176 valence electrons. The zero-order chi connectivity index (χ0) is 25.1. The summed E-state index contributed by atoms with van der Waals surface area (Å²) in [5, 5.41) is 13.2. The maximum absolute atomic E-state index is 2.41. The van der Waals surface area contributed by atoms with Gasteiger partial charge in [-0.25, -0.2) is 0 Å². The Balaban J connectivity index is 1.55. The van der Waals surface area contributed by atoms with Gasteiger partial charge in [0.25, 0.3) is 0 Å². The molecule has 0 heteroatoms. The smallest absolute Gasteiger partial charge is 0.00139 e. The summed E-state index contributed by atoms with van der Waals surface area (Å²) in [5.41, 5.74) is 5.00. The van der Waals surface area contributed by atoms with E-state index in [1.807, 2.05) is 0 Å². The minimum atomic E-state index is 1.24. The molecule has 0 radical (unpaired) electrons. The van der Waals surface area contributed by atoms with Gasteiger partial charge in [0.1, 0.15) is 0 Å². The molecule has 0 unspecified atom stereocenters. The lowest BCUT2D eigenvalue weighted by Gasteiger charge is -2.17. The van der Waals surface area contributed by atoms with Crippen molar-refractivity contribution in [3.63, 3.8) is 0 Å². The molecule has 8 aromatic rings. The molecule has 0 aliphatic carbocycles. The fourth-order valence-electron chi connectivity index (χ4n) is 6.39. The van der Waals surface area contributed by atoms with Gasteiger partial charge in [0.2, 0.25) is 0 Å². The Kier molecular flexibility index (Phi) is 4.62. The van der Waals surface area contributed by atoms with Crippen LogP contribution in [0.4, 0.5) is 0 Å². The molecule has 0 nitrogen and oxygen atoms in total. The van der Waals surface area contributed by atoms with Crippen LogP contribution in [0.1, 0.15) is 0 Å². The van der Waals surface area contributed by atoms with Crippen molar-refractivity contribution in [3.8, 4) is 22.3 Å². The van der Waals surface area contributed by atoms with Crippen LogP contribution in [0.25, 0.3) is 76.1 Å². The number of rotatable bonds is 2. The average molecular weight is 481 g/mol. The third-order valence-electron chi connectivity index (χ3n) is 8.03. The lowest BCUT2D eigenvalue weighted by molar-refractivity contribution is 1.60. The van der Waals surface area contributed by atoms with E-state index in [2.05, 4.69) is 146 Å². The van der Waals surface area contributed by atoms with Crippen LogP contribution in [0.5, 0.6) is 0 Å². The summed E-state index contributed by atoms with van der Waals surface area (Å²) in [6.07, 6.45) is 0. The van der Waals surface area contributed by atoms with E-state index in [-0.39, 0.29) is 0 Å². The van der Waals surface area contributed by atoms with Crippen LogP contribution >= 0.6 is 0 Å². The molecule has 0 saturated heterocycles. The van der Waals surface area contributed by atoms with Crippen molar-refractivity contribution < 1.29 is 0 Å². The van der Waals surface area contributed by atoms with Crippen LogP contribution in [0.3, 0.4) is 0 Å². The zero-order valence-electron chi connectivity index (χ0n) is 20.9. The summed E-state index contributed by atoms with van der Waals surface area (Å²) in [6.45, 7) is 0. The van der Waals surface area contributed by atoms with E-state index >= 15 is 0 Å². The van der Waals surface area contributed by atoms with Gasteiger partial charge in [0, 0.05) is 0 Å². The van der Waals surface area contributed by atoms with Gasteiger partial charge < -0.3 is 0 Å². The molecule has 0 heterocycles. The van der Waals surface area contributed by atoms with Crippen LogP contribution < -0.4 is 0 Å². The molecule has 0 amide bonds. The van der Waals surface area contributed by atoms with Crippen LogP contribution in [-0.4, -0.2) is 0 Å². The second-order valence-electron chi connectivity index (χ2n) is 10.1. The standard InChI is InChI=1S/C38H24/c1-2-12-25(13-3-1)27-14-4-5-15-28(27)26-22-23-35-36(24-26)31-18-8-11-21-34(31)37-32-19-9-6-16-29(32)30-17-7-10-20-33(30)38(35)37/h1-24H.